The summed E-state index contributed by atoms with van der Waals surface area (Å²) in [6, 6.07) is 8.30. The number of fused-ring (bicyclic) bond motifs is 1. The van der Waals surface area contributed by atoms with Gasteiger partial charge in [0.1, 0.15) is 0 Å². The molecule has 0 radical (unpaired) electrons. The molecule has 5 rings (SSSR count). The Morgan fingerprint density at radius 3 is 2.59 bits per heavy atom. The number of nitrogens with zero attached hydrogens (tertiary/aromatic N) is 6. The Kier molecular flexibility index (Phi) is 4.16. The highest BCUT2D eigenvalue weighted by Crippen LogP contribution is 2.26. The minimum absolute atomic E-state index is 0.726. The lowest BCUT2D eigenvalue weighted by Crippen LogP contribution is -2.13. The fraction of sp³-hybridized carbons (Fsp3) is 0.333. The van der Waals surface area contributed by atoms with Crippen LogP contribution >= 0.6 is 0 Å². The smallest absolute Gasteiger partial charge is 0.197 e. The Hall–Kier alpha value is -3.02. The monoisotopic (exact) mass is 358 g/mol. The number of rotatable bonds is 4. The second kappa shape index (κ2) is 6.95. The van der Waals surface area contributed by atoms with E-state index in [1.54, 1.807) is 12.5 Å². The minimum Gasteiger partial charge on any atom is -0.314 e. The second-order valence-electron chi connectivity index (χ2n) is 7.32. The summed E-state index contributed by atoms with van der Waals surface area (Å²) in [7, 11) is 0. The molecule has 3 aromatic heterocycles. The second-order valence-corrected chi connectivity index (χ2v) is 7.32. The van der Waals surface area contributed by atoms with Crippen molar-refractivity contribution in [2.24, 2.45) is 5.92 Å². The number of aromatic nitrogens is 6. The van der Waals surface area contributed by atoms with E-state index in [2.05, 4.69) is 43.8 Å². The third kappa shape index (κ3) is 3.23. The number of benzene rings is 1. The predicted molar refractivity (Wildman–Crippen MR) is 104 cm³/mol. The first kappa shape index (κ1) is 16.2. The number of hydrogen-bond acceptors (Lipinski definition) is 4. The van der Waals surface area contributed by atoms with Crippen LogP contribution < -0.4 is 0 Å². The van der Waals surface area contributed by atoms with Crippen LogP contribution in [0.15, 0.2) is 55.5 Å². The highest BCUT2D eigenvalue weighted by atomic mass is 15.1. The zero-order valence-electron chi connectivity index (χ0n) is 15.2. The average molecular weight is 358 g/mol. The van der Waals surface area contributed by atoms with Gasteiger partial charge in [-0.05, 0) is 30.9 Å². The van der Waals surface area contributed by atoms with Crippen molar-refractivity contribution < 1.29 is 0 Å². The van der Waals surface area contributed by atoms with Crippen LogP contribution in [0.25, 0.3) is 28.2 Å². The van der Waals surface area contributed by atoms with Crippen LogP contribution in [-0.2, 0) is 6.54 Å². The zero-order valence-corrected chi connectivity index (χ0v) is 15.2. The molecule has 0 unspecified atom stereocenters. The molecule has 1 aliphatic carbocycles. The first-order valence-electron chi connectivity index (χ1n) is 9.63. The average Bonchev–Trinajstić information content (AvgIpc) is 3.39. The van der Waals surface area contributed by atoms with Crippen molar-refractivity contribution in [2.45, 2.75) is 38.6 Å². The first-order valence-corrected chi connectivity index (χ1v) is 9.63. The Balaban J connectivity index is 1.44. The molecule has 1 aromatic carbocycles. The Labute approximate surface area is 157 Å². The molecule has 4 aromatic rings. The van der Waals surface area contributed by atoms with Gasteiger partial charge in [0.15, 0.2) is 11.3 Å². The van der Waals surface area contributed by atoms with E-state index in [0.717, 1.165) is 40.7 Å². The fourth-order valence-corrected chi connectivity index (χ4v) is 3.97. The lowest BCUT2D eigenvalue weighted by molar-refractivity contribution is 0.321. The predicted octanol–water partition coefficient (Wildman–Crippen LogP) is 4.26. The molecule has 0 spiro atoms. The van der Waals surface area contributed by atoms with Crippen LogP contribution in [0.5, 0.6) is 0 Å². The van der Waals surface area contributed by atoms with E-state index in [4.69, 9.17) is 4.98 Å². The molecule has 136 valence electrons. The summed E-state index contributed by atoms with van der Waals surface area (Å²) in [6.07, 6.45) is 15.9. The van der Waals surface area contributed by atoms with Crippen molar-refractivity contribution in [2.75, 3.05) is 0 Å². The van der Waals surface area contributed by atoms with Gasteiger partial charge in [0.05, 0.1) is 24.5 Å². The topological polar surface area (TPSA) is 61.4 Å². The molecular weight excluding hydrogens is 336 g/mol. The van der Waals surface area contributed by atoms with Gasteiger partial charge in [-0.15, -0.1) is 0 Å². The van der Waals surface area contributed by atoms with Crippen molar-refractivity contribution in [3.63, 3.8) is 0 Å². The van der Waals surface area contributed by atoms with Gasteiger partial charge in [0.25, 0.3) is 0 Å². The molecule has 0 bridgehead atoms. The molecule has 0 amide bonds. The standard InChI is InChI=1S/C21H22N6/c1-2-4-16(5-3-1)13-27-15-24-20-21(27)25-19(12-23-20)17-6-8-18(9-7-17)26-11-10-22-14-26/h6-12,14-16H,1-5,13H2. The number of imidazole rings is 2. The lowest BCUT2D eigenvalue weighted by atomic mass is 9.89. The third-order valence-corrected chi connectivity index (χ3v) is 5.47. The van der Waals surface area contributed by atoms with Crippen molar-refractivity contribution >= 4 is 11.3 Å². The van der Waals surface area contributed by atoms with Gasteiger partial charge in [-0.2, -0.15) is 0 Å². The van der Waals surface area contributed by atoms with Gasteiger partial charge in [-0.3, -0.25) is 0 Å². The molecule has 6 nitrogen and oxygen atoms in total. The normalized spacial score (nSPS) is 15.4. The van der Waals surface area contributed by atoms with Crippen molar-refractivity contribution in [3.8, 4) is 16.9 Å². The number of hydrogen-bond donors (Lipinski definition) is 0. The van der Waals surface area contributed by atoms with Gasteiger partial charge >= 0.3 is 0 Å². The highest BCUT2D eigenvalue weighted by molar-refractivity contribution is 5.71. The molecule has 0 N–H and O–H groups in total. The van der Waals surface area contributed by atoms with Gasteiger partial charge in [0.2, 0.25) is 0 Å². The van der Waals surface area contributed by atoms with Crippen molar-refractivity contribution in [1.29, 1.82) is 0 Å². The molecule has 0 atom stereocenters. The Morgan fingerprint density at radius 2 is 1.81 bits per heavy atom. The maximum atomic E-state index is 4.88. The fourth-order valence-electron chi connectivity index (χ4n) is 3.97. The van der Waals surface area contributed by atoms with Crippen LogP contribution in [0.4, 0.5) is 0 Å². The van der Waals surface area contributed by atoms with E-state index < -0.39 is 0 Å². The van der Waals surface area contributed by atoms with Gasteiger partial charge < -0.3 is 9.13 Å². The van der Waals surface area contributed by atoms with Crippen LogP contribution in [0.1, 0.15) is 32.1 Å². The van der Waals surface area contributed by atoms with Crippen LogP contribution in [0, 0.1) is 5.92 Å². The third-order valence-electron chi connectivity index (χ3n) is 5.47. The van der Waals surface area contributed by atoms with Crippen LogP contribution in [-0.4, -0.2) is 29.1 Å². The van der Waals surface area contributed by atoms with E-state index in [1.807, 2.05) is 23.3 Å². The summed E-state index contributed by atoms with van der Waals surface area (Å²) >= 11 is 0. The van der Waals surface area contributed by atoms with E-state index in [0.29, 0.717) is 0 Å². The van der Waals surface area contributed by atoms with E-state index in [1.165, 1.54) is 32.1 Å². The van der Waals surface area contributed by atoms with Crippen molar-refractivity contribution in [1.82, 2.24) is 29.1 Å². The zero-order chi connectivity index (χ0) is 18.1. The lowest BCUT2D eigenvalue weighted by Gasteiger charge is -2.21. The maximum Gasteiger partial charge on any atom is 0.197 e. The summed E-state index contributed by atoms with van der Waals surface area (Å²) in [4.78, 5) is 18.0. The molecule has 1 aliphatic rings. The SMILES string of the molecule is c1cn(-c2ccc(-c3cnc4ncn(CC5CCCCC5)c4n3)cc2)cn1. The minimum atomic E-state index is 0.726. The Morgan fingerprint density at radius 1 is 0.963 bits per heavy atom. The molecule has 0 aliphatic heterocycles. The van der Waals surface area contributed by atoms with Crippen LogP contribution in [0.2, 0.25) is 0 Å². The molecule has 3 heterocycles. The van der Waals surface area contributed by atoms with Gasteiger partial charge in [-0.25, -0.2) is 19.9 Å². The summed E-state index contributed by atoms with van der Waals surface area (Å²) < 4.78 is 4.17. The summed E-state index contributed by atoms with van der Waals surface area (Å²) in [5, 5.41) is 0. The van der Waals surface area contributed by atoms with Gasteiger partial charge in [-0.1, -0.05) is 31.4 Å². The largest absolute Gasteiger partial charge is 0.314 e. The molecule has 1 saturated carbocycles. The highest BCUT2D eigenvalue weighted by Gasteiger charge is 2.16. The van der Waals surface area contributed by atoms with E-state index >= 15 is 0 Å². The maximum absolute atomic E-state index is 4.88. The summed E-state index contributed by atoms with van der Waals surface area (Å²) in [5.41, 5.74) is 4.62. The summed E-state index contributed by atoms with van der Waals surface area (Å²) in [5.74, 6) is 0.732. The quantitative estimate of drug-likeness (QED) is 0.547. The molecular formula is C21H22N6. The first-order chi connectivity index (χ1) is 13.4. The Bertz CT molecular complexity index is 1030. The molecule has 1 fully saturated rings. The van der Waals surface area contributed by atoms with E-state index in [9.17, 15) is 0 Å². The van der Waals surface area contributed by atoms with Crippen LogP contribution in [0.3, 0.4) is 0 Å². The molecule has 6 heteroatoms. The molecule has 0 saturated heterocycles. The van der Waals surface area contributed by atoms with Gasteiger partial charge in [0, 0.05) is 30.2 Å². The van der Waals surface area contributed by atoms with Crippen molar-refractivity contribution in [3.05, 3.63) is 55.5 Å². The summed E-state index contributed by atoms with van der Waals surface area (Å²) in [6.45, 7) is 0.994. The van der Waals surface area contributed by atoms with E-state index in [-0.39, 0.29) is 0 Å². The molecule has 27 heavy (non-hydrogen) atoms.